The van der Waals surface area contributed by atoms with Crippen LogP contribution in [-0.4, -0.2) is 19.2 Å². The van der Waals surface area contributed by atoms with E-state index in [1.807, 2.05) is 38.1 Å². The van der Waals surface area contributed by atoms with E-state index < -0.39 is 6.09 Å². The topological polar surface area (TPSA) is 88.7 Å². The molecule has 2 rings (SSSR count). The third kappa shape index (κ3) is 5.31. The van der Waals surface area contributed by atoms with Crippen LogP contribution in [-0.2, 0) is 11.3 Å². The summed E-state index contributed by atoms with van der Waals surface area (Å²) in [6, 6.07) is 13.5. The molecule has 0 aliphatic rings. The van der Waals surface area contributed by atoms with Gasteiger partial charge in [-0.2, -0.15) is 0 Å². The third-order valence-electron chi connectivity index (χ3n) is 3.31. The zero-order chi connectivity index (χ0) is 17.5. The van der Waals surface area contributed by atoms with Crippen molar-refractivity contribution in [1.29, 1.82) is 0 Å². The SMILES string of the molecule is COC(=O)Nc1ccc(CN=C(N)Nc2cc(C)cc(C)c2)cc1. The molecular formula is C18H22N4O2. The summed E-state index contributed by atoms with van der Waals surface area (Å²) in [6.07, 6.45) is -0.498. The summed E-state index contributed by atoms with van der Waals surface area (Å²) in [7, 11) is 1.32. The van der Waals surface area contributed by atoms with Crippen molar-refractivity contribution in [3.05, 3.63) is 59.2 Å². The molecular weight excluding hydrogens is 304 g/mol. The van der Waals surface area contributed by atoms with Crippen LogP contribution < -0.4 is 16.4 Å². The highest BCUT2D eigenvalue weighted by Crippen LogP contribution is 2.14. The number of aliphatic imine (C=N–C) groups is 1. The first-order chi connectivity index (χ1) is 11.5. The van der Waals surface area contributed by atoms with Crippen LogP contribution in [0.5, 0.6) is 0 Å². The molecule has 0 radical (unpaired) electrons. The molecule has 4 N–H and O–H groups in total. The molecule has 24 heavy (non-hydrogen) atoms. The molecule has 2 aromatic carbocycles. The smallest absolute Gasteiger partial charge is 0.411 e. The average Bonchev–Trinajstić information content (AvgIpc) is 2.53. The van der Waals surface area contributed by atoms with E-state index in [4.69, 9.17) is 5.73 Å². The van der Waals surface area contributed by atoms with Crippen LogP contribution in [0.3, 0.4) is 0 Å². The number of hydrogen-bond donors (Lipinski definition) is 3. The summed E-state index contributed by atoms with van der Waals surface area (Å²) in [5, 5.41) is 5.69. The normalized spacial score (nSPS) is 11.0. The van der Waals surface area contributed by atoms with Gasteiger partial charge in [-0.3, -0.25) is 5.32 Å². The monoisotopic (exact) mass is 326 g/mol. The van der Waals surface area contributed by atoms with Gasteiger partial charge >= 0.3 is 6.09 Å². The van der Waals surface area contributed by atoms with Gasteiger partial charge in [-0.25, -0.2) is 9.79 Å². The Morgan fingerprint density at radius 1 is 1.04 bits per heavy atom. The van der Waals surface area contributed by atoms with Crippen LogP contribution in [0.25, 0.3) is 0 Å². The highest BCUT2D eigenvalue weighted by atomic mass is 16.5. The van der Waals surface area contributed by atoms with E-state index in [-0.39, 0.29) is 0 Å². The van der Waals surface area contributed by atoms with Crippen molar-refractivity contribution < 1.29 is 9.53 Å². The highest BCUT2D eigenvalue weighted by molar-refractivity contribution is 5.92. The Balaban J connectivity index is 1.95. The number of guanidine groups is 1. The van der Waals surface area contributed by atoms with E-state index in [9.17, 15) is 4.79 Å². The largest absolute Gasteiger partial charge is 0.453 e. The minimum atomic E-state index is -0.498. The summed E-state index contributed by atoms with van der Waals surface area (Å²) >= 11 is 0. The molecule has 0 saturated carbocycles. The number of amides is 1. The van der Waals surface area contributed by atoms with Gasteiger partial charge in [-0.1, -0.05) is 18.2 Å². The number of aryl methyl sites for hydroxylation is 2. The van der Waals surface area contributed by atoms with Crippen molar-refractivity contribution >= 4 is 23.4 Å². The Hall–Kier alpha value is -3.02. The van der Waals surface area contributed by atoms with Gasteiger partial charge in [0.25, 0.3) is 0 Å². The van der Waals surface area contributed by atoms with Gasteiger partial charge in [0.15, 0.2) is 5.96 Å². The first-order valence-corrected chi connectivity index (χ1v) is 7.55. The molecule has 126 valence electrons. The number of rotatable bonds is 4. The molecule has 0 saturated heterocycles. The molecule has 0 aliphatic carbocycles. The fraction of sp³-hybridized carbons (Fsp3) is 0.222. The highest BCUT2D eigenvalue weighted by Gasteiger charge is 2.01. The maximum absolute atomic E-state index is 11.1. The van der Waals surface area contributed by atoms with Crippen LogP contribution in [0, 0.1) is 13.8 Å². The second-order valence-electron chi connectivity index (χ2n) is 5.52. The molecule has 6 nitrogen and oxygen atoms in total. The lowest BCUT2D eigenvalue weighted by atomic mass is 10.1. The molecule has 1 amide bonds. The number of nitrogens with two attached hydrogens (primary N) is 1. The fourth-order valence-electron chi connectivity index (χ4n) is 2.27. The Morgan fingerprint density at radius 2 is 1.67 bits per heavy atom. The molecule has 0 unspecified atom stereocenters. The van der Waals surface area contributed by atoms with E-state index in [0.717, 1.165) is 11.3 Å². The number of ether oxygens (including phenoxy) is 1. The molecule has 0 spiro atoms. The minimum absolute atomic E-state index is 0.358. The van der Waals surface area contributed by atoms with Crippen LogP contribution >= 0.6 is 0 Å². The number of carbonyl (C=O) groups is 1. The molecule has 6 heteroatoms. The average molecular weight is 326 g/mol. The lowest BCUT2D eigenvalue weighted by Gasteiger charge is -2.08. The maximum Gasteiger partial charge on any atom is 0.411 e. The van der Waals surface area contributed by atoms with Crippen molar-refractivity contribution in [2.75, 3.05) is 17.7 Å². The number of methoxy groups -OCH3 is 1. The number of nitrogens with one attached hydrogen (secondary N) is 2. The first kappa shape index (κ1) is 17.3. The second-order valence-corrected chi connectivity index (χ2v) is 5.52. The Bertz CT molecular complexity index is 719. The quantitative estimate of drug-likeness (QED) is 0.593. The number of nitrogens with zero attached hydrogens (tertiary/aromatic N) is 1. The maximum atomic E-state index is 11.1. The number of benzene rings is 2. The number of hydrogen-bond acceptors (Lipinski definition) is 3. The second kappa shape index (κ2) is 8.01. The standard InChI is InChI=1S/C18H22N4O2/c1-12-8-13(2)10-16(9-12)21-17(19)20-11-14-4-6-15(7-5-14)22-18(23)24-3/h4-10H,11H2,1-3H3,(H,22,23)(H3,19,20,21). The van der Waals surface area contributed by atoms with Gasteiger partial charge < -0.3 is 15.8 Å². The summed E-state index contributed by atoms with van der Waals surface area (Å²) in [4.78, 5) is 15.4. The molecule has 0 heterocycles. The minimum Gasteiger partial charge on any atom is -0.453 e. The summed E-state index contributed by atoms with van der Waals surface area (Å²) < 4.78 is 4.54. The molecule has 0 aliphatic heterocycles. The van der Waals surface area contributed by atoms with E-state index in [0.29, 0.717) is 18.2 Å². The summed E-state index contributed by atoms with van der Waals surface area (Å²) in [5.74, 6) is 0.358. The molecule has 0 bridgehead atoms. The van der Waals surface area contributed by atoms with Crippen LogP contribution in [0.4, 0.5) is 16.2 Å². The van der Waals surface area contributed by atoms with Gasteiger partial charge in [-0.15, -0.1) is 0 Å². The third-order valence-corrected chi connectivity index (χ3v) is 3.31. The predicted molar refractivity (Wildman–Crippen MR) is 97.3 cm³/mol. The zero-order valence-electron chi connectivity index (χ0n) is 14.1. The van der Waals surface area contributed by atoms with Crippen LogP contribution in [0.1, 0.15) is 16.7 Å². The van der Waals surface area contributed by atoms with Gasteiger partial charge in [-0.05, 0) is 54.8 Å². The summed E-state index contributed by atoms with van der Waals surface area (Å²) in [5.41, 5.74) is 10.8. The Labute approximate surface area is 141 Å². The van der Waals surface area contributed by atoms with Gasteiger partial charge in [0, 0.05) is 11.4 Å². The zero-order valence-corrected chi connectivity index (χ0v) is 14.1. The molecule has 0 fully saturated rings. The van der Waals surface area contributed by atoms with Crippen molar-refractivity contribution in [3.63, 3.8) is 0 Å². The molecule has 2 aromatic rings. The lowest BCUT2D eigenvalue weighted by molar-refractivity contribution is 0.187. The van der Waals surface area contributed by atoms with Gasteiger partial charge in [0.05, 0.1) is 13.7 Å². The molecule has 0 atom stereocenters. The van der Waals surface area contributed by atoms with Crippen LogP contribution in [0.2, 0.25) is 0 Å². The van der Waals surface area contributed by atoms with Crippen molar-refractivity contribution in [3.8, 4) is 0 Å². The van der Waals surface area contributed by atoms with Crippen molar-refractivity contribution in [1.82, 2.24) is 0 Å². The van der Waals surface area contributed by atoms with Gasteiger partial charge in [0.2, 0.25) is 0 Å². The Kier molecular flexibility index (Phi) is 5.78. The van der Waals surface area contributed by atoms with E-state index >= 15 is 0 Å². The number of carbonyl (C=O) groups excluding carboxylic acids is 1. The van der Waals surface area contributed by atoms with Crippen molar-refractivity contribution in [2.24, 2.45) is 10.7 Å². The van der Waals surface area contributed by atoms with E-state index in [1.165, 1.54) is 18.2 Å². The first-order valence-electron chi connectivity index (χ1n) is 7.55. The van der Waals surface area contributed by atoms with Gasteiger partial charge in [0.1, 0.15) is 0 Å². The van der Waals surface area contributed by atoms with Crippen LogP contribution in [0.15, 0.2) is 47.5 Å². The lowest BCUT2D eigenvalue weighted by Crippen LogP contribution is -2.22. The Morgan fingerprint density at radius 3 is 2.25 bits per heavy atom. The molecule has 0 aromatic heterocycles. The number of anilines is 2. The van der Waals surface area contributed by atoms with E-state index in [1.54, 1.807) is 12.1 Å². The van der Waals surface area contributed by atoms with E-state index in [2.05, 4.69) is 26.4 Å². The fourth-order valence-corrected chi connectivity index (χ4v) is 2.27. The van der Waals surface area contributed by atoms with Crippen molar-refractivity contribution in [2.45, 2.75) is 20.4 Å². The predicted octanol–water partition coefficient (Wildman–Crippen LogP) is 3.41. The summed E-state index contributed by atoms with van der Waals surface area (Å²) in [6.45, 7) is 4.52.